The first-order valence-electron chi connectivity index (χ1n) is 14.3. The van der Waals surface area contributed by atoms with Crippen LogP contribution in [0, 0.1) is 5.82 Å². The van der Waals surface area contributed by atoms with Crippen LogP contribution in [-0.2, 0) is 27.8 Å². The number of aryl methyl sites for hydroxylation is 1. The maximum Gasteiger partial charge on any atom is 0.251 e. The number of anilines is 1. The van der Waals surface area contributed by atoms with E-state index in [9.17, 15) is 22.4 Å². The number of fused-ring (bicyclic) bond motifs is 1. The van der Waals surface area contributed by atoms with Gasteiger partial charge in [-0.3, -0.25) is 14.2 Å². The third-order valence-corrected chi connectivity index (χ3v) is 10.4. The lowest BCUT2D eigenvalue weighted by Gasteiger charge is -2.29. The molecule has 0 fully saturated rings. The average molecular weight is 637 g/mol. The quantitative estimate of drug-likeness (QED) is 0.242. The van der Waals surface area contributed by atoms with E-state index < -0.39 is 21.7 Å². The second-order valence-electron chi connectivity index (χ2n) is 10.1. The summed E-state index contributed by atoms with van der Waals surface area (Å²) in [6.07, 6.45) is 1.82. The predicted octanol–water partition coefficient (Wildman–Crippen LogP) is 4.44. The van der Waals surface area contributed by atoms with Gasteiger partial charge in [0.1, 0.15) is 5.82 Å². The molecular formula is C31H33FN6O4S2. The van der Waals surface area contributed by atoms with E-state index in [4.69, 9.17) is 0 Å². The Kier molecular flexibility index (Phi) is 9.77. The van der Waals surface area contributed by atoms with Gasteiger partial charge in [0.2, 0.25) is 15.9 Å². The van der Waals surface area contributed by atoms with Crippen molar-refractivity contribution in [3.8, 4) is 5.69 Å². The summed E-state index contributed by atoms with van der Waals surface area (Å²) in [5.74, 6) is -0.404. The Hall–Kier alpha value is -4.07. The summed E-state index contributed by atoms with van der Waals surface area (Å²) in [6, 6.07) is 19.4. The van der Waals surface area contributed by atoms with E-state index in [2.05, 4.69) is 15.5 Å². The summed E-state index contributed by atoms with van der Waals surface area (Å²) in [6.45, 7) is 4.84. The highest BCUT2D eigenvalue weighted by Gasteiger charge is 2.25. The summed E-state index contributed by atoms with van der Waals surface area (Å²) >= 11 is 1.21. The number of hydrogen-bond acceptors (Lipinski definition) is 7. The molecule has 3 aromatic carbocycles. The van der Waals surface area contributed by atoms with Crippen LogP contribution in [0.3, 0.4) is 0 Å². The number of carbonyl (C=O) groups excluding carboxylic acids is 2. The smallest absolute Gasteiger partial charge is 0.251 e. The Morgan fingerprint density at radius 1 is 0.977 bits per heavy atom. The Bertz CT molecular complexity index is 1740. The zero-order valence-corrected chi connectivity index (χ0v) is 26.1. The zero-order valence-electron chi connectivity index (χ0n) is 24.4. The van der Waals surface area contributed by atoms with E-state index in [0.29, 0.717) is 36.3 Å². The average Bonchev–Trinajstić information content (AvgIpc) is 3.45. The molecule has 1 aromatic heterocycles. The molecule has 2 heterocycles. The van der Waals surface area contributed by atoms with E-state index in [0.717, 1.165) is 24.1 Å². The Morgan fingerprint density at radius 3 is 2.39 bits per heavy atom. The molecule has 10 nitrogen and oxygen atoms in total. The highest BCUT2D eigenvalue weighted by Crippen LogP contribution is 2.29. The first kappa shape index (κ1) is 31.4. The monoisotopic (exact) mass is 636 g/mol. The van der Waals surface area contributed by atoms with Gasteiger partial charge in [-0.1, -0.05) is 43.8 Å². The van der Waals surface area contributed by atoms with Crippen LogP contribution in [0.1, 0.15) is 42.0 Å². The summed E-state index contributed by atoms with van der Waals surface area (Å²) in [5.41, 5.74) is 2.92. The van der Waals surface area contributed by atoms with Crippen LogP contribution in [-0.4, -0.2) is 64.7 Å². The van der Waals surface area contributed by atoms with Gasteiger partial charge >= 0.3 is 0 Å². The minimum Gasteiger partial charge on any atom is -0.345 e. The molecule has 230 valence electrons. The fraction of sp³-hybridized carbons (Fsp3) is 0.290. The molecule has 4 aromatic rings. The van der Waals surface area contributed by atoms with E-state index in [1.54, 1.807) is 35.4 Å². The van der Waals surface area contributed by atoms with Crippen molar-refractivity contribution in [1.82, 2.24) is 24.4 Å². The minimum atomic E-state index is -3.65. The van der Waals surface area contributed by atoms with E-state index in [1.165, 1.54) is 52.5 Å². The molecule has 13 heteroatoms. The van der Waals surface area contributed by atoms with Crippen LogP contribution in [0.2, 0.25) is 0 Å². The van der Waals surface area contributed by atoms with Crippen molar-refractivity contribution < 1.29 is 22.4 Å². The van der Waals surface area contributed by atoms with Gasteiger partial charge in [-0.05, 0) is 73.0 Å². The van der Waals surface area contributed by atoms with Crippen LogP contribution >= 0.6 is 11.8 Å². The fourth-order valence-electron chi connectivity index (χ4n) is 5.11. The van der Waals surface area contributed by atoms with Gasteiger partial charge in [-0.15, -0.1) is 10.2 Å². The summed E-state index contributed by atoms with van der Waals surface area (Å²) in [4.78, 5) is 28.2. The third-order valence-electron chi connectivity index (χ3n) is 7.39. The number of nitrogens with zero attached hydrogens (tertiary/aromatic N) is 5. The molecule has 44 heavy (non-hydrogen) atoms. The topological polar surface area (TPSA) is 118 Å². The Morgan fingerprint density at radius 2 is 1.68 bits per heavy atom. The van der Waals surface area contributed by atoms with Crippen LogP contribution in [0.5, 0.6) is 0 Å². The van der Waals surface area contributed by atoms with Gasteiger partial charge in [-0.2, -0.15) is 4.31 Å². The standard InChI is InChI=1S/C31H33FN6O4S2/c1-3-36(4-2)44(41,42)26-17-11-23(12-18-26)30(40)33-20-28-34-35-31(38(28)25-15-13-24(32)14-16-25)43-21-29(39)37-19-7-9-22-8-5-6-10-27(22)37/h5-6,8,10-18H,3-4,7,9,19-21H2,1-2H3,(H,33,40). The minimum absolute atomic E-state index is 0.0171. The number of nitrogens with one attached hydrogen (secondary N) is 1. The molecule has 0 atom stereocenters. The molecule has 0 unspecified atom stereocenters. The SMILES string of the molecule is CCN(CC)S(=O)(=O)c1ccc(C(=O)NCc2nnc(SCC(=O)N3CCCc4ccccc43)n2-c2ccc(F)cc2)cc1. The molecule has 0 spiro atoms. The van der Waals surface area contributed by atoms with Crippen LogP contribution in [0.15, 0.2) is 82.8 Å². The van der Waals surface area contributed by atoms with Gasteiger partial charge in [-0.25, -0.2) is 12.8 Å². The second-order valence-corrected chi connectivity index (χ2v) is 13.0. The summed E-state index contributed by atoms with van der Waals surface area (Å²) in [7, 11) is -3.65. The lowest BCUT2D eigenvalue weighted by atomic mass is 10.0. The third kappa shape index (κ3) is 6.69. The molecule has 1 N–H and O–H groups in total. The normalized spacial score (nSPS) is 13.1. The van der Waals surface area contributed by atoms with Crippen molar-refractivity contribution in [2.75, 3.05) is 30.3 Å². The highest BCUT2D eigenvalue weighted by atomic mass is 32.2. The molecule has 0 bridgehead atoms. The Labute approximate surface area is 260 Å². The second kappa shape index (κ2) is 13.7. The molecule has 1 aliphatic rings. The van der Waals surface area contributed by atoms with E-state index in [-0.39, 0.29) is 28.7 Å². The molecule has 0 saturated heterocycles. The molecule has 0 aliphatic carbocycles. The predicted molar refractivity (Wildman–Crippen MR) is 167 cm³/mol. The zero-order chi connectivity index (χ0) is 31.3. The van der Waals surface area contributed by atoms with Gasteiger partial charge in [0.25, 0.3) is 5.91 Å². The lowest BCUT2D eigenvalue weighted by molar-refractivity contribution is -0.116. The number of benzene rings is 3. The number of hydrogen-bond donors (Lipinski definition) is 1. The van der Waals surface area contributed by atoms with Crippen molar-refractivity contribution in [1.29, 1.82) is 0 Å². The molecule has 0 saturated carbocycles. The van der Waals surface area contributed by atoms with Crippen LogP contribution in [0.4, 0.5) is 10.1 Å². The first-order chi connectivity index (χ1) is 21.2. The Balaban J connectivity index is 1.31. The van der Waals surface area contributed by atoms with Gasteiger partial charge in [0.15, 0.2) is 11.0 Å². The largest absolute Gasteiger partial charge is 0.345 e. The molecule has 1 aliphatic heterocycles. The van der Waals surface area contributed by atoms with Crippen LogP contribution in [0.25, 0.3) is 5.69 Å². The first-order valence-corrected chi connectivity index (χ1v) is 16.7. The molecular weight excluding hydrogens is 604 g/mol. The van der Waals surface area contributed by atoms with Crippen molar-refractivity contribution >= 4 is 39.3 Å². The lowest BCUT2D eigenvalue weighted by Crippen LogP contribution is -2.36. The van der Waals surface area contributed by atoms with Gasteiger partial charge in [0, 0.05) is 36.6 Å². The number of halogens is 1. The molecule has 0 radical (unpaired) electrons. The highest BCUT2D eigenvalue weighted by molar-refractivity contribution is 7.99. The molecule has 2 amide bonds. The summed E-state index contributed by atoms with van der Waals surface area (Å²) < 4.78 is 42.3. The van der Waals surface area contributed by atoms with Crippen molar-refractivity contribution in [3.05, 3.63) is 95.6 Å². The van der Waals surface area contributed by atoms with Crippen LogP contribution < -0.4 is 10.2 Å². The van der Waals surface area contributed by atoms with E-state index >= 15 is 0 Å². The van der Waals surface area contributed by atoms with Crippen molar-refractivity contribution in [3.63, 3.8) is 0 Å². The molecule has 5 rings (SSSR count). The number of amides is 2. The maximum atomic E-state index is 13.7. The number of rotatable bonds is 11. The van der Waals surface area contributed by atoms with Crippen molar-refractivity contribution in [2.24, 2.45) is 0 Å². The maximum absolute atomic E-state index is 13.7. The summed E-state index contributed by atoms with van der Waals surface area (Å²) in [5, 5.41) is 11.8. The van der Waals surface area contributed by atoms with Gasteiger partial charge < -0.3 is 10.2 Å². The van der Waals surface area contributed by atoms with E-state index in [1.807, 2.05) is 24.3 Å². The fourth-order valence-corrected chi connectivity index (χ4v) is 7.41. The number of thioether (sulfide) groups is 1. The number of sulfonamides is 1. The van der Waals surface area contributed by atoms with Crippen molar-refractivity contribution in [2.45, 2.75) is 43.3 Å². The number of aromatic nitrogens is 3. The van der Waals surface area contributed by atoms with Gasteiger partial charge in [0.05, 0.1) is 17.2 Å². The number of para-hydroxylation sites is 1. The number of carbonyl (C=O) groups is 2.